The van der Waals surface area contributed by atoms with Gasteiger partial charge in [-0.2, -0.15) is 0 Å². The van der Waals surface area contributed by atoms with E-state index in [1.165, 1.54) is 19.2 Å². The van der Waals surface area contributed by atoms with E-state index in [1.807, 2.05) is 6.07 Å². The van der Waals surface area contributed by atoms with Gasteiger partial charge in [-0.3, -0.25) is 4.79 Å². The number of methoxy groups -OCH3 is 1. The van der Waals surface area contributed by atoms with Crippen molar-refractivity contribution in [2.45, 2.75) is 43.0 Å². The number of sulfone groups is 1. The first kappa shape index (κ1) is 23.0. The molecule has 0 bridgehead atoms. The Morgan fingerprint density at radius 3 is 2.84 bits per heavy atom. The van der Waals surface area contributed by atoms with E-state index >= 15 is 0 Å². The Labute approximate surface area is 184 Å². The van der Waals surface area contributed by atoms with E-state index in [9.17, 15) is 23.1 Å². The van der Waals surface area contributed by atoms with Crippen LogP contribution in [0.15, 0.2) is 33.8 Å². The molecule has 1 aliphatic rings. The van der Waals surface area contributed by atoms with Crippen LogP contribution in [0.5, 0.6) is 5.75 Å². The number of phenols is 1. The van der Waals surface area contributed by atoms with E-state index in [1.54, 1.807) is 6.26 Å². The summed E-state index contributed by atoms with van der Waals surface area (Å²) in [5.41, 5.74) is 0.926. The molecule has 2 aromatic rings. The van der Waals surface area contributed by atoms with Gasteiger partial charge in [-0.15, -0.1) is 0 Å². The lowest BCUT2D eigenvalue weighted by Gasteiger charge is -2.22. The second-order valence-electron chi connectivity index (χ2n) is 7.12. The standard InChI is InChI=1S/C20H23ClN2O7S/c1-29-16(24)6-3-11-31(27,28)19-13(21)7-8-14(17(19)25)22-20(26)23-15-5-2-4-12-9-10-30-18(12)15/h7-10,15,25H,2-6,11H2,1H3,(H2,22,23,26)/t15-/m0/s1. The summed E-state index contributed by atoms with van der Waals surface area (Å²) in [5.74, 6) is -0.937. The third kappa shape index (κ3) is 5.31. The molecule has 9 nitrogen and oxygen atoms in total. The number of aromatic hydroxyl groups is 1. The number of esters is 1. The van der Waals surface area contributed by atoms with E-state index in [-0.39, 0.29) is 29.6 Å². The molecule has 1 aromatic carbocycles. The summed E-state index contributed by atoms with van der Waals surface area (Å²) in [6.07, 6.45) is 3.93. The van der Waals surface area contributed by atoms with Gasteiger partial charge in [0.1, 0.15) is 10.7 Å². The van der Waals surface area contributed by atoms with Crippen LogP contribution >= 0.6 is 11.6 Å². The van der Waals surface area contributed by atoms with Crippen LogP contribution in [0.2, 0.25) is 5.02 Å². The maximum absolute atomic E-state index is 12.7. The monoisotopic (exact) mass is 470 g/mol. The number of furan rings is 1. The minimum absolute atomic E-state index is 0.00389. The average molecular weight is 471 g/mol. The molecule has 1 heterocycles. The molecular weight excluding hydrogens is 448 g/mol. The molecule has 0 fully saturated rings. The van der Waals surface area contributed by atoms with Gasteiger partial charge in [0.25, 0.3) is 0 Å². The molecule has 0 radical (unpaired) electrons. The van der Waals surface area contributed by atoms with E-state index in [0.29, 0.717) is 12.2 Å². The first-order valence-corrected chi connectivity index (χ1v) is 11.7. The first-order chi connectivity index (χ1) is 14.7. The summed E-state index contributed by atoms with van der Waals surface area (Å²) in [6, 6.07) is 3.50. The van der Waals surface area contributed by atoms with Crippen molar-refractivity contribution in [1.29, 1.82) is 0 Å². The second-order valence-corrected chi connectivity index (χ2v) is 9.58. The lowest BCUT2D eigenvalue weighted by Crippen LogP contribution is -2.34. The fourth-order valence-electron chi connectivity index (χ4n) is 3.50. The Morgan fingerprint density at radius 2 is 2.10 bits per heavy atom. The van der Waals surface area contributed by atoms with E-state index < -0.39 is 38.2 Å². The molecule has 1 aliphatic carbocycles. The number of ether oxygens (including phenoxy) is 1. The Morgan fingerprint density at radius 1 is 1.32 bits per heavy atom. The number of nitrogens with one attached hydrogen (secondary N) is 2. The van der Waals surface area contributed by atoms with Gasteiger partial charge in [0.15, 0.2) is 15.6 Å². The number of anilines is 1. The number of hydrogen-bond donors (Lipinski definition) is 3. The number of carbonyl (C=O) groups is 2. The molecular formula is C20H23ClN2O7S. The van der Waals surface area contributed by atoms with Crippen LogP contribution in [0.3, 0.4) is 0 Å². The fraction of sp³-hybridized carbons (Fsp3) is 0.400. The molecule has 3 rings (SSSR count). The predicted octanol–water partition coefficient (Wildman–Crippen LogP) is 3.56. The van der Waals surface area contributed by atoms with Crippen molar-refractivity contribution in [3.05, 3.63) is 40.8 Å². The maximum atomic E-state index is 12.7. The van der Waals surface area contributed by atoms with Crippen LogP contribution in [0.1, 0.15) is 43.0 Å². The van der Waals surface area contributed by atoms with Crippen LogP contribution in [-0.4, -0.2) is 38.4 Å². The Kier molecular flexibility index (Phi) is 7.11. The molecule has 168 valence electrons. The Hall–Kier alpha value is -2.72. The van der Waals surface area contributed by atoms with Gasteiger partial charge in [0, 0.05) is 6.42 Å². The third-order valence-corrected chi connectivity index (χ3v) is 7.29. The molecule has 0 saturated heterocycles. The summed E-state index contributed by atoms with van der Waals surface area (Å²) >= 11 is 6.02. The highest BCUT2D eigenvalue weighted by atomic mass is 35.5. The Balaban J connectivity index is 1.73. The zero-order valence-corrected chi connectivity index (χ0v) is 18.4. The highest BCUT2D eigenvalue weighted by Crippen LogP contribution is 2.38. The molecule has 0 spiro atoms. The second kappa shape index (κ2) is 9.61. The number of aryl methyl sites for hydroxylation is 1. The zero-order chi connectivity index (χ0) is 22.6. The van der Waals surface area contributed by atoms with E-state index in [2.05, 4.69) is 15.4 Å². The van der Waals surface area contributed by atoms with Crippen molar-refractivity contribution in [2.24, 2.45) is 0 Å². The number of urea groups is 1. The van der Waals surface area contributed by atoms with Gasteiger partial charge in [-0.25, -0.2) is 13.2 Å². The molecule has 0 aliphatic heterocycles. The molecule has 0 unspecified atom stereocenters. The van der Waals surface area contributed by atoms with Crippen molar-refractivity contribution in [2.75, 3.05) is 18.2 Å². The highest BCUT2D eigenvalue weighted by molar-refractivity contribution is 7.91. The number of benzene rings is 1. The van der Waals surface area contributed by atoms with Crippen molar-refractivity contribution >= 4 is 39.1 Å². The molecule has 11 heteroatoms. The molecule has 3 N–H and O–H groups in total. The normalized spacial score (nSPS) is 15.7. The number of carbonyl (C=O) groups excluding carboxylic acids is 2. The van der Waals surface area contributed by atoms with Gasteiger partial charge in [0.2, 0.25) is 0 Å². The minimum Gasteiger partial charge on any atom is -0.504 e. The predicted molar refractivity (Wildman–Crippen MR) is 113 cm³/mol. The number of hydrogen-bond acceptors (Lipinski definition) is 7. The van der Waals surface area contributed by atoms with E-state index in [0.717, 1.165) is 18.4 Å². The summed E-state index contributed by atoms with van der Waals surface area (Å²) in [6.45, 7) is 0. The summed E-state index contributed by atoms with van der Waals surface area (Å²) in [4.78, 5) is 23.2. The van der Waals surface area contributed by atoms with Crippen LogP contribution < -0.4 is 10.6 Å². The SMILES string of the molecule is COC(=O)CCCS(=O)(=O)c1c(Cl)ccc(NC(=O)N[C@H]2CCCc3ccoc32)c1O. The summed E-state index contributed by atoms with van der Waals surface area (Å²) in [5, 5.41) is 15.6. The molecule has 1 atom stereocenters. The van der Waals surface area contributed by atoms with Gasteiger partial charge < -0.3 is 24.9 Å². The largest absolute Gasteiger partial charge is 0.504 e. The fourth-order valence-corrected chi connectivity index (χ4v) is 5.50. The van der Waals surface area contributed by atoms with Crippen molar-refractivity contribution in [3.8, 4) is 5.75 Å². The molecule has 1 aromatic heterocycles. The lowest BCUT2D eigenvalue weighted by molar-refractivity contribution is -0.140. The lowest BCUT2D eigenvalue weighted by atomic mass is 9.94. The number of rotatable bonds is 7. The minimum atomic E-state index is -4.02. The molecule has 0 saturated carbocycles. The molecule has 2 amide bonds. The molecule has 31 heavy (non-hydrogen) atoms. The van der Waals surface area contributed by atoms with Crippen LogP contribution in [0.25, 0.3) is 0 Å². The number of amides is 2. The first-order valence-electron chi connectivity index (χ1n) is 9.67. The van der Waals surface area contributed by atoms with Gasteiger partial charge in [-0.1, -0.05) is 11.6 Å². The van der Waals surface area contributed by atoms with Crippen molar-refractivity contribution in [3.63, 3.8) is 0 Å². The summed E-state index contributed by atoms with van der Waals surface area (Å²) < 4.78 is 35.3. The van der Waals surface area contributed by atoms with Crippen LogP contribution in [0, 0.1) is 0 Å². The van der Waals surface area contributed by atoms with Crippen molar-refractivity contribution < 1.29 is 32.3 Å². The third-order valence-electron chi connectivity index (χ3n) is 5.01. The van der Waals surface area contributed by atoms with Gasteiger partial charge in [0.05, 0.1) is 35.9 Å². The Bertz CT molecular complexity index is 1080. The number of fused-ring (bicyclic) bond motifs is 1. The van der Waals surface area contributed by atoms with Gasteiger partial charge in [-0.05, 0) is 49.4 Å². The van der Waals surface area contributed by atoms with Crippen molar-refractivity contribution in [1.82, 2.24) is 5.32 Å². The zero-order valence-electron chi connectivity index (χ0n) is 16.8. The average Bonchev–Trinajstić information content (AvgIpc) is 3.19. The van der Waals surface area contributed by atoms with E-state index in [4.69, 9.17) is 16.0 Å². The van der Waals surface area contributed by atoms with Crippen LogP contribution in [-0.2, 0) is 25.8 Å². The highest BCUT2D eigenvalue weighted by Gasteiger charge is 2.27. The van der Waals surface area contributed by atoms with Crippen LogP contribution in [0.4, 0.5) is 10.5 Å². The quantitative estimate of drug-likeness (QED) is 0.415. The number of phenolic OH excluding ortho intramolecular Hbond substituents is 1. The topological polar surface area (TPSA) is 135 Å². The number of halogens is 1. The van der Waals surface area contributed by atoms with Gasteiger partial charge >= 0.3 is 12.0 Å². The maximum Gasteiger partial charge on any atom is 0.319 e. The smallest absolute Gasteiger partial charge is 0.319 e. The summed E-state index contributed by atoms with van der Waals surface area (Å²) in [7, 11) is -2.81.